The number of aryl methyl sites for hydroxylation is 1. The van der Waals surface area contributed by atoms with E-state index in [1.165, 1.54) is 0 Å². The van der Waals surface area contributed by atoms with Crippen molar-refractivity contribution in [2.24, 2.45) is 13.0 Å². The lowest BCUT2D eigenvalue weighted by atomic mass is 9.79. The summed E-state index contributed by atoms with van der Waals surface area (Å²) in [5.74, 6) is 0.936. The van der Waals surface area contributed by atoms with E-state index in [2.05, 4.69) is 45.3 Å². The third-order valence-electron chi connectivity index (χ3n) is 4.55. The molecular formula is C17H21BrN4O. The first-order chi connectivity index (χ1) is 11.0. The van der Waals surface area contributed by atoms with Crippen molar-refractivity contribution in [2.45, 2.75) is 18.9 Å². The Kier molecular flexibility index (Phi) is 4.55. The number of nitrogens with zero attached hydrogens (tertiary/aromatic N) is 3. The van der Waals surface area contributed by atoms with Crippen molar-refractivity contribution in [3.05, 3.63) is 34.9 Å². The third-order valence-corrected chi connectivity index (χ3v) is 5.08. The van der Waals surface area contributed by atoms with Crippen LogP contribution in [-0.2, 0) is 11.8 Å². The molecule has 6 heteroatoms. The van der Waals surface area contributed by atoms with Gasteiger partial charge in [-0.2, -0.15) is 5.10 Å². The third kappa shape index (κ3) is 3.33. The SMILES string of the molecule is CN(C)C1CC(C(=O)Nc2c(-c3ccc(Br)cc3)cnn2C)C1. The molecule has 23 heavy (non-hydrogen) atoms. The van der Waals surface area contributed by atoms with E-state index in [0.717, 1.165) is 34.3 Å². The van der Waals surface area contributed by atoms with Crippen LogP contribution in [0.5, 0.6) is 0 Å². The maximum atomic E-state index is 12.5. The minimum Gasteiger partial charge on any atom is -0.310 e. The average Bonchev–Trinajstić information content (AvgIpc) is 2.79. The Morgan fingerprint density at radius 3 is 2.57 bits per heavy atom. The van der Waals surface area contributed by atoms with Gasteiger partial charge in [-0.1, -0.05) is 28.1 Å². The minimum absolute atomic E-state index is 0.0880. The Labute approximate surface area is 144 Å². The molecule has 0 aliphatic heterocycles. The summed E-state index contributed by atoms with van der Waals surface area (Å²) in [5.41, 5.74) is 1.98. The van der Waals surface area contributed by atoms with Gasteiger partial charge in [0.25, 0.3) is 0 Å². The second-order valence-electron chi connectivity index (χ2n) is 6.31. The molecule has 0 atom stereocenters. The van der Waals surface area contributed by atoms with E-state index in [4.69, 9.17) is 0 Å². The van der Waals surface area contributed by atoms with Crippen molar-refractivity contribution in [1.82, 2.24) is 14.7 Å². The molecular weight excluding hydrogens is 356 g/mol. The van der Waals surface area contributed by atoms with Crippen molar-refractivity contribution in [3.63, 3.8) is 0 Å². The number of hydrogen-bond acceptors (Lipinski definition) is 3. The number of halogens is 1. The van der Waals surface area contributed by atoms with Crippen molar-refractivity contribution in [2.75, 3.05) is 19.4 Å². The molecule has 0 spiro atoms. The van der Waals surface area contributed by atoms with Crippen LogP contribution >= 0.6 is 15.9 Å². The summed E-state index contributed by atoms with van der Waals surface area (Å²) in [7, 11) is 5.97. The quantitative estimate of drug-likeness (QED) is 0.891. The maximum Gasteiger partial charge on any atom is 0.228 e. The summed E-state index contributed by atoms with van der Waals surface area (Å²) in [5, 5.41) is 7.36. The van der Waals surface area contributed by atoms with Gasteiger partial charge >= 0.3 is 0 Å². The minimum atomic E-state index is 0.0880. The molecule has 1 amide bonds. The highest BCUT2D eigenvalue weighted by Crippen LogP contribution is 2.33. The first-order valence-electron chi connectivity index (χ1n) is 7.71. The predicted molar refractivity (Wildman–Crippen MR) is 95.2 cm³/mol. The van der Waals surface area contributed by atoms with Crippen molar-refractivity contribution < 1.29 is 4.79 Å². The molecule has 122 valence electrons. The van der Waals surface area contributed by atoms with Crippen LogP contribution in [0.25, 0.3) is 11.1 Å². The first-order valence-corrected chi connectivity index (χ1v) is 8.50. The monoisotopic (exact) mass is 376 g/mol. The molecule has 1 N–H and O–H groups in total. The summed E-state index contributed by atoms with van der Waals surface area (Å²) in [4.78, 5) is 14.7. The number of benzene rings is 1. The fourth-order valence-electron chi connectivity index (χ4n) is 2.87. The number of hydrogen-bond donors (Lipinski definition) is 1. The molecule has 2 aromatic rings. The number of amides is 1. The Morgan fingerprint density at radius 1 is 1.30 bits per heavy atom. The van der Waals surface area contributed by atoms with Gasteiger partial charge in [-0.3, -0.25) is 9.48 Å². The largest absolute Gasteiger partial charge is 0.310 e. The van der Waals surface area contributed by atoms with Crippen molar-refractivity contribution >= 4 is 27.7 Å². The van der Waals surface area contributed by atoms with Gasteiger partial charge in [0.2, 0.25) is 5.91 Å². The van der Waals surface area contributed by atoms with Crippen LogP contribution in [-0.4, -0.2) is 40.7 Å². The molecule has 1 aliphatic carbocycles. The van der Waals surface area contributed by atoms with Crippen LogP contribution in [0.1, 0.15) is 12.8 Å². The van der Waals surface area contributed by atoms with Crippen LogP contribution in [0.4, 0.5) is 5.82 Å². The van der Waals surface area contributed by atoms with Crippen LogP contribution in [0.3, 0.4) is 0 Å². The zero-order valence-corrected chi connectivity index (χ0v) is 15.2. The van der Waals surface area contributed by atoms with Gasteiger partial charge in [0.1, 0.15) is 5.82 Å². The average molecular weight is 377 g/mol. The fraction of sp³-hybridized carbons (Fsp3) is 0.412. The Hall–Kier alpha value is -1.66. The van der Waals surface area contributed by atoms with Gasteiger partial charge in [-0.15, -0.1) is 0 Å². The number of nitrogens with one attached hydrogen (secondary N) is 1. The van der Waals surface area contributed by atoms with E-state index >= 15 is 0 Å². The second-order valence-corrected chi connectivity index (χ2v) is 7.23. The Balaban J connectivity index is 1.75. The summed E-state index contributed by atoms with van der Waals surface area (Å²) in [6.07, 6.45) is 3.64. The highest BCUT2D eigenvalue weighted by Gasteiger charge is 2.36. The van der Waals surface area contributed by atoms with E-state index in [1.54, 1.807) is 10.9 Å². The lowest BCUT2D eigenvalue weighted by molar-refractivity contribution is -0.124. The summed E-state index contributed by atoms with van der Waals surface area (Å²) in [6, 6.07) is 8.52. The fourth-order valence-corrected chi connectivity index (χ4v) is 3.13. The number of carbonyl (C=O) groups excluding carboxylic acids is 1. The Morgan fingerprint density at radius 2 is 1.96 bits per heavy atom. The molecule has 1 aliphatic rings. The van der Waals surface area contributed by atoms with Crippen LogP contribution < -0.4 is 5.32 Å². The van der Waals surface area contributed by atoms with Gasteiger partial charge in [0.15, 0.2) is 0 Å². The molecule has 3 rings (SSSR count). The Bertz CT molecular complexity index is 702. The number of carbonyl (C=O) groups is 1. The van der Waals surface area contributed by atoms with Gasteiger partial charge < -0.3 is 10.2 Å². The molecule has 0 saturated heterocycles. The highest BCUT2D eigenvalue weighted by atomic mass is 79.9. The van der Waals surface area contributed by atoms with E-state index < -0.39 is 0 Å². The summed E-state index contributed by atoms with van der Waals surface area (Å²) in [6.45, 7) is 0. The lowest BCUT2D eigenvalue weighted by Crippen LogP contribution is -2.45. The van der Waals surface area contributed by atoms with Gasteiger partial charge in [0, 0.05) is 29.0 Å². The highest BCUT2D eigenvalue weighted by molar-refractivity contribution is 9.10. The number of rotatable bonds is 4. The van der Waals surface area contributed by atoms with E-state index in [0.29, 0.717) is 6.04 Å². The van der Waals surface area contributed by atoms with E-state index in [1.807, 2.05) is 31.3 Å². The summed E-state index contributed by atoms with van der Waals surface area (Å²) < 4.78 is 2.75. The smallest absolute Gasteiger partial charge is 0.228 e. The number of aromatic nitrogens is 2. The number of anilines is 1. The normalized spacial score (nSPS) is 20.4. The second kappa shape index (κ2) is 6.45. The first kappa shape index (κ1) is 16.2. The van der Waals surface area contributed by atoms with Crippen molar-refractivity contribution in [3.8, 4) is 11.1 Å². The zero-order chi connectivity index (χ0) is 16.6. The van der Waals surface area contributed by atoms with Crippen molar-refractivity contribution in [1.29, 1.82) is 0 Å². The molecule has 1 aromatic heterocycles. The zero-order valence-electron chi connectivity index (χ0n) is 13.6. The maximum absolute atomic E-state index is 12.5. The van der Waals surface area contributed by atoms with Gasteiger partial charge in [-0.05, 0) is 44.6 Å². The molecule has 0 bridgehead atoms. The molecule has 1 fully saturated rings. The van der Waals surface area contributed by atoms with E-state index in [-0.39, 0.29) is 11.8 Å². The van der Waals surface area contributed by atoms with Gasteiger partial charge in [0.05, 0.1) is 6.20 Å². The van der Waals surface area contributed by atoms with Crippen LogP contribution in [0, 0.1) is 5.92 Å². The van der Waals surface area contributed by atoms with Crippen LogP contribution in [0.15, 0.2) is 34.9 Å². The van der Waals surface area contributed by atoms with E-state index in [9.17, 15) is 4.79 Å². The molecule has 1 aromatic carbocycles. The van der Waals surface area contributed by atoms with Gasteiger partial charge in [-0.25, -0.2) is 0 Å². The molecule has 0 radical (unpaired) electrons. The summed E-state index contributed by atoms with van der Waals surface area (Å²) >= 11 is 3.44. The molecule has 1 heterocycles. The van der Waals surface area contributed by atoms with Crippen LogP contribution in [0.2, 0.25) is 0 Å². The molecule has 5 nitrogen and oxygen atoms in total. The topological polar surface area (TPSA) is 50.2 Å². The molecule has 0 unspecified atom stereocenters. The lowest BCUT2D eigenvalue weighted by Gasteiger charge is -2.38. The standard InChI is InChI=1S/C17H21BrN4O/c1-21(2)14-8-12(9-14)17(23)20-16-15(10-19-22(16)3)11-4-6-13(18)7-5-11/h4-7,10,12,14H,8-9H2,1-3H3,(H,20,23). The predicted octanol–water partition coefficient (Wildman–Crippen LogP) is 3.13. The molecule has 1 saturated carbocycles.